The largest absolute Gasteiger partial charge is 0.493 e. The summed E-state index contributed by atoms with van der Waals surface area (Å²) in [5, 5.41) is 3.44. The predicted octanol–water partition coefficient (Wildman–Crippen LogP) is 5.59. The first-order chi connectivity index (χ1) is 14.3. The monoisotopic (exact) mass is 391 g/mol. The molecule has 0 spiro atoms. The van der Waals surface area contributed by atoms with Gasteiger partial charge in [-0.1, -0.05) is 54.6 Å². The molecule has 152 valence electrons. The van der Waals surface area contributed by atoms with Gasteiger partial charge in [0.2, 0.25) is 0 Å². The number of rotatable bonds is 11. The molecule has 0 aliphatic carbocycles. The third kappa shape index (κ3) is 6.46. The Morgan fingerprint density at radius 3 is 2.21 bits per heavy atom. The Morgan fingerprint density at radius 2 is 1.45 bits per heavy atom. The minimum absolute atomic E-state index is 0.0302. The molecule has 1 atom stereocenters. The zero-order chi connectivity index (χ0) is 20.3. The molecule has 29 heavy (non-hydrogen) atoms. The highest BCUT2D eigenvalue weighted by Gasteiger charge is 2.10. The van der Waals surface area contributed by atoms with Crippen LogP contribution in [-0.4, -0.2) is 26.4 Å². The molecule has 0 amide bonds. The molecule has 1 unspecified atom stereocenters. The van der Waals surface area contributed by atoms with Crippen molar-refractivity contribution in [3.63, 3.8) is 0 Å². The van der Waals surface area contributed by atoms with Gasteiger partial charge in [-0.05, 0) is 49.6 Å². The average molecular weight is 392 g/mol. The summed E-state index contributed by atoms with van der Waals surface area (Å²) in [4.78, 5) is 0. The maximum absolute atomic E-state index is 6.02. The van der Waals surface area contributed by atoms with Crippen LogP contribution in [0, 0.1) is 0 Å². The molecule has 0 bridgehead atoms. The van der Waals surface area contributed by atoms with E-state index in [-0.39, 0.29) is 6.10 Å². The van der Waals surface area contributed by atoms with Crippen LogP contribution >= 0.6 is 0 Å². The van der Waals surface area contributed by atoms with Gasteiger partial charge >= 0.3 is 0 Å². The molecule has 0 aliphatic rings. The summed E-state index contributed by atoms with van der Waals surface area (Å²) in [6.45, 7) is 3.37. The van der Waals surface area contributed by atoms with Gasteiger partial charge in [0.1, 0.15) is 11.9 Å². The van der Waals surface area contributed by atoms with Crippen LogP contribution in [0.3, 0.4) is 0 Å². The van der Waals surface area contributed by atoms with Crippen molar-refractivity contribution in [2.24, 2.45) is 0 Å². The van der Waals surface area contributed by atoms with Gasteiger partial charge in [-0.3, -0.25) is 0 Å². The second-order valence-corrected chi connectivity index (χ2v) is 6.89. The van der Waals surface area contributed by atoms with Gasteiger partial charge in [0.25, 0.3) is 0 Å². The Balaban J connectivity index is 1.48. The summed E-state index contributed by atoms with van der Waals surface area (Å²) in [5.41, 5.74) is 2.31. The number of ether oxygens (including phenoxy) is 3. The lowest BCUT2D eigenvalue weighted by atomic mass is 10.1. The highest BCUT2D eigenvalue weighted by molar-refractivity contribution is 5.56. The van der Waals surface area contributed by atoms with Crippen molar-refractivity contribution in [1.82, 2.24) is 0 Å². The third-order valence-electron chi connectivity index (χ3n) is 4.57. The maximum atomic E-state index is 6.02. The quantitative estimate of drug-likeness (QED) is 0.433. The molecule has 4 heteroatoms. The number of para-hydroxylation sites is 4. The molecular formula is C25H29NO3. The summed E-state index contributed by atoms with van der Waals surface area (Å²) in [5.74, 6) is 2.35. The van der Waals surface area contributed by atoms with E-state index in [0.29, 0.717) is 13.2 Å². The SMILES string of the molecule is COc1ccccc1OC(C)CNc1ccccc1OCCCc1ccccc1. The van der Waals surface area contributed by atoms with Crippen LogP contribution in [0.25, 0.3) is 0 Å². The first kappa shape index (κ1) is 20.6. The number of aryl methyl sites for hydroxylation is 1. The van der Waals surface area contributed by atoms with Gasteiger partial charge < -0.3 is 19.5 Å². The molecule has 0 fully saturated rings. The maximum Gasteiger partial charge on any atom is 0.161 e. The van der Waals surface area contributed by atoms with Crippen LogP contribution in [0.15, 0.2) is 78.9 Å². The number of nitrogens with one attached hydrogen (secondary N) is 1. The van der Waals surface area contributed by atoms with E-state index in [0.717, 1.165) is 35.8 Å². The topological polar surface area (TPSA) is 39.7 Å². The number of methoxy groups -OCH3 is 1. The van der Waals surface area contributed by atoms with Crippen LogP contribution in [0.4, 0.5) is 5.69 Å². The Labute approximate surface area is 173 Å². The van der Waals surface area contributed by atoms with Crippen molar-refractivity contribution in [2.75, 3.05) is 25.6 Å². The third-order valence-corrected chi connectivity index (χ3v) is 4.57. The van der Waals surface area contributed by atoms with Gasteiger partial charge in [0.05, 0.1) is 25.9 Å². The van der Waals surface area contributed by atoms with Gasteiger partial charge in [-0.15, -0.1) is 0 Å². The zero-order valence-electron chi connectivity index (χ0n) is 17.1. The Bertz CT molecular complexity index is 867. The summed E-state index contributed by atoms with van der Waals surface area (Å²) >= 11 is 0. The van der Waals surface area contributed by atoms with E-state index in [9.17, 15) is 0 Å². The molecule has 1 N–H and O–H groups in total. The van der Waals surface area contributed by atoms with E-state index < -0.39 is 0 Å². The van der Waals surface area contributed by atoms with E-state index >= 15 is 0 Å². The minimum atomic E-state index is -0.0302. The number of hydrogen-bond donors (Lipinski definition) is 1. The second kappa shape index (κ2) is 11.0. The lowest BCUT2D eigenvalue weighted by Crippen LogP contribution is -2.23. The fraction of sp³-hybridized carbons (Fsp3) is 0.280. The van der Waals surface area contributed by atoms with Gasteiger partial charge in [-0.2, -0.15) is 0 Å². The number of benzene rings is 3. The van der Waals surface area contributed by atoms with E-state index in [1.54, 1.807) is 7.11 Å². The molecule has 3 rings (SSSR count). The van der Waals surface area contributed by atoms with Crippen LogP contribution < -0.4 is 19.5 Å². The molecule has 0 aromatic heterocycles. The molecule has 3 aromatic carbocycles. The average Bonchev–Trinajstić information content (AvgIpc) is 2.77. The molecule has 0 saturated carbocycles. The molecule has 0 heterocycles. The second-order valence-electron chi connectivity index (χ2n) is 6.89. The number of hydrogen-bond acceptors (Lipinski definition) is 4. The van der Waals surface area contributed by atoms with Crippen molar-refractivity contribution >= 4 is 5.69 Å². The van der Waals surface area contributed by atoms with Crippen LogP contribution in [0.1, 0.15) is 18.9 Å². The molecule has 0 radical (unpaired) electrons. The summed E-state index contributed by atoms with van der Waals surface area (Å²) < 4.78 is 17.4. The fourth-order valence-corrected chi connectivity index (χ4v) is 3.07. The van der Waals surface area contributed by atoms with Gasteiger partial charge in [-0.25, -0.2) is 0 Å². The van der Waals surface area contributed by atoms with Crippen molar-refractivity contribution in [3.05, 3.63) is 84.4 Å². The van der Waals surface area contributed by atoms with Crippen molar-refractivity contribution < 1.29 is 14.2 Å². The molecule has 0 aliphatic heterocycles. The summed E-state index contributed by atoms with van der Waals surface area (Å²) in [6, 6.07) is 26.2. The lowest BCUT2D eigenvalue weighted by Gasteiger charge is -2.19. The first-order valence-corrected chi connectivity index (χ1v) is 10.1. The van der Waals surface area contributed by atoms with Crippen LogP contribution in [0.2, 0.25) is 0 Å². The van der Waals surface area contributed by atoms with E-state index in [1.165, 1.54) is 5.56 Å². The molecule has 4 nitrogen and oxygen atoms in total. The van der Waals surface area contributed by atoms with Gasteiger partial charge in [0.15, 0.2) is 11.5 Å². The lowest BCUT2D eigenvalue weighted by molar-refractivity contribution is 0.223. The van der Waals surface area contributed by atoms with E-state index in [4.69, 9.17) is 14.2 Å². The van der Waals surface area contributed by atoms with Gasteiger partial charge in [0, 0.05) is 0 Å². The number of anilines is 1. The van der Waals surface area contributed by atoms with E-state index in [1.807, 2.05) is 61.5 Å². The minimum Gasteiger partial charge on any atom is -0.493 e. The van der Waals surface area contributed by atoms with Crippen LogP contribution in [-0.2, 0) is 6.42 Å². The zero-order valence-corrected chi connectivity index (χ0v) is 17.1. The standard InChI is InChI=1S/C25H29NO3/c1-20(29-25-17-9-8-16-24(25)27-2)19-26-22-14-6-7-15-23(22)28-18-10-13-21-11-4-3-5-12-21/h3-9,11-12,14-17,20,26H,10,13,18-19H2,1-2H3. The summed E-state index contributed by atoms with van der Waals surface area (Å²) in [7, 11) is 1.65. The predicted molar refractivity (Wildman–Crippen MR) is 118 cm³/mol. The Hall–Kier alpha value is -3.14. The van der Waals surface area contributed by atoms with Crippen molar-refractivity contribution in [2.45, 2.75) is 25.9 Å². The highest BCUT2D eigenvalue weighted by atomic mass is 16.5. The Kier molecular flexibility index (Phi) is 7.81. The first-order valence-electron chi connectivity index (χ1n) is 10.1. The summed E-state index contributed by atoms with van der Waals surface area (Å²) in [6.07, 6.45) is 1.96. The molecular weight excluding hydrogens is 362 g/mol. The van der Waals surface area contributed by atoms with Crippen LogP contribution in [0.5, 0.6) is 17.2 Å². The smallest absolute Gasteiger partial charge is 0.161 e. The van der Waals surface area contributed by atoms with Crippen molar-refractivity contribution in [1.29, 1.82) is 0 Å². The van der Waals surface area contributed by atoms with Crippen molar-refractivity contribution in [3.8, 4) is 17.2 Å². The molecule has 0 saturated heterocycles. The Morgan fingerprint density at radius 1 is 0.793 bits per heavy atom. The van der Waals surface area contributed by atoms with E-state index in [2.05, 4.69) is 29.6 Å². The molecule has 3 aromatic rings. The highest BCUT2D eigenvalue weighted by Crippen LogP contribution is 2.28. The normalized spacial score (nSPS) is 11.5. The fourth-order valence-electron chi connectivity index (χ4n) is 3.07.